The Labute approximate surface area is 305 Å². The number of allylic oxidation sites excluding steroid dienone is 1. The van der Waals surface area contributed by atoms with Gasteiger partial charge in [-0.2, -0.15) is 8.42 Å². The minimum Gasteiger partial charge on any atom is -0.387 e. The Kier molecular flexibility index (Phi) is 36.2. The van der Waals surface area contributed by atoms with Gasteiger partial charge in [-0.25, -0.2) is 0 Å². The second kappa shape index (κ2) is 36.9. The van der Waals surface area contributed by atoms with Crippen LogP contribution in [-0.4, -0.2) is 41.9 Å². The molecule has 0 bridgehead atoms. The first-order chi connectivity index (χ1) is 23.8. The predicted molar refractivity (Wildman–Crippen MR) is 212 cm³/mol. The maximum atomic E-state index is 12.5. The zero-order valence-corrected chi connectivity index (χ0v) is 33.4. The molecule has 1 amide bonds. The number of carbonyl (C=O) groups excluding carboxylic acids is 1. The molecule has 7 heteroatoms. The summed E-state index contributed by atoms with van der Waals surface area (Å²) in [6.07, 6.45) is 44.8. The number of hydrogen-bond donors (Lipinski definition) is 3. The quantitative estimate of drug-likeness (QED) is 0.0334. The molecule has 0 aliphatic carbocycles. The van der Waals surface area contributed by atoms with Gasteiger partial charge in [-0.15, -0.1) is 0 Å². The molecule has 0 fully saturated rings. The SMILES string of the molecule is CCCCCCCCCCCCCCCCCC/C=C/C(O)C(CS(=O)(=O)O)NC(=O)CCCCCCCCCCCCCCCCCC. The highest BCUT2D eigenvalue weighted by molar-refractivity contribution is 7.85. The number of nitrogens with one attached hydrogen (secondary N) is 1. The lowest BCUT2D eigenvalue weighted by Crippen LogP contribution is -2.46. The topological polar surface area (TPSA) is 104 Å². The van der Waals surface area contributed by atoms with Crippen molar-refractivity contribution in [1.29, 1.82) is 0 Å². The molecule has 2 unspecified atom stereocenters. The van der Waals surface area contributed by atoms with Crippen LogP contribution >= 0.6 is 0 Å². The van der Waals surface area contributed by atoms with Crippen LogP contribution in [0.25, 0.3) is 0 Å². The Bertz CT molecular complexity index is 831. The van der Waals surface area contributed by atoms with Gasteiger partial charge in [-0.05, 0) is 19.3 Å². The summed E-state index contributed by atoms with van der Waals surface area (Å²) >= 11 is 0. The van der Waals surface area contributed by atoms with Gasteiger partial charge in [0.25, 0.3) is 10.1 Å². The minimum atomic E-state index is -4.34. The van der Waals surface area contributed by atoms with E-state index in [1.165, 1.54) is 173 Å². The fourth-order valence-electron chi connectivity index (χ4n) is 6.75. The Hall–Kier alpha value is -0.920. The van der Waals surface area contributed by atoms with Crippen LogP contribution in [0.3, 0.4) is 0 Å². The number of hydrogen-bond acceptors (Lipinski definition) is 4. The third-order valence-electron chi connectivity index (χ3n) is 9.96. The van der Waals surface area contributed by atoms with Crippen LogP contribution in [0, 0.1) is 0 Å². The first-order valence-corrected chi connectivity index (χ1v) is 23.0. The number of carbonyl (C=O) groups is 1. The Morgan fingerprint density at radius 1 is 0.531 bits per heavy atom. The van der Waals surface area contributed by atoms with Gasteiger partial charge in [0.1, 0.15) is 0 Å². The molecule has 0 saturated carbocycles. The molecule has 0 heterocycles. The van der Waals surface area contributed by atoms with Crippen molar-refractivity contribution in [2.24, 2.45) is 0 Å². The van der Waals surface area contributed by atoms with Crippen molar-refractivity contribution in [3.63, 3.8) is 0 Å². The van der Waals surface area contributed by atoms with Crippen LogP contribution in [-0.2, 0) is 14.9 Å². The second-order valence-corrected chi connectivity index (χ2v) is 16.5. The van der Waals surface area contributed by atoms with Crippen LogP contribution in [0.4, 0.5) is 0 Å². The summed E-state index contributed by atoms with van der Waals surface area (Å²) in [4.78, 5) is 12.5. The summed E-state index contributed by atoms with van der Waals surface area (Å²) in [5.74, 6) is -0.966. The average Bonchev–Trinajstić information content (AvgIpc) is 3.06. The summed E-state index contributed by atoms with van der Waals surface area (Å²) in [5, 5.41) is 13.2. The lowest BCUT2D eigenvalue weighted by atomic mass is 10.0. The Balaban J connectivity index is 3.87. The molecular weight excluding hydrogens is 631 g/mol. The van der Waals surface area contributed by atoms with Gasteiger partial charge >= 0.3 is 0 Å². The summed E-state index contributed by atoms with van der Waals surface area (Å²) < 4.78 is 32.5. The van der Waals surface area contributed by atoms with Gasteiger partial charge in [0.15, 0.2) is 0 Å². The Morgan fingerprint density at radius 2 is 0.837 bits per heavy atom. The molecular formula is C42H83NO5S. The van der Waals surface area contributed by atoms with Crippen molar-refractivity contribution in [3.05, 3.63) is 12.2 Å². The van der Waals surface area contributed by atoms with E-state index in [0.29, 0.717) is 6.42 Å². The van der Waals surface area contributed by atoms with Crippen LogP contribution < -0.4 is 5.32 Å². The number of amides is 1. The highest BCUT2D eigenvalue weighted by atomic mass is 32.2. The summed E-state index contributed by atoms with van der Waals surface area (Å²) in [7, 11) is -4.34. The van der Waals surface area contributed by atoms with Gasteiger partial charge in [0, 0.05) is 6.42 Å². The Morgan fingerprint density at radius 3 is 1.16 bits per heavy atom. The third-order valence-corrected chi connectivity index (χ3v) is 10.7. The van der Waals surface area contributed by atoms with Crippen molar-refractivity contribution in [3.8, 4) is 0 Å². The molecule has 2 atom stereocenters. The maximum Gasteiger partial charge on any atom is 0.267 e. The molecule has 49 heavy (non-hydrogen) atoms. The molecule has 0 saturated heterocycles. The van der Waals surface area contributed by atoms with Gasteiger partial charge in [-0.3, -0.25) is 9.35 Å². The number of unbranched alkanes of at least 4 members (excludes halogenated alkanes) is 31. The number of rotatable bonds is 39. The summed E-state index contributed by atoms with van der Waals surface area (Å²) in [6.45, 7) is 4.54. The molecule has 0 spiro atoms. The van der Waals surface area contributed by atoms with Crippen molar-refractivity contribution < 1.29 is 22.9 Å². The van der Waals surface area contributed by atoms with Gasteiger partial charge in [-0.1, -0.05) is 219 Å². The number of aliphatic hydroxyl groups is 1. The van der Waals surface area contributed by atoms with Gasteiger partial charge in [0.05, 0.1) is 17.9 Å². The fraction of sp³-hybridized carbons (Fsp3) is 0.929. The zero-order chi connectivity index (χ0) is 36.1. The lowest BCUT2D eigenvalue weighted by molar-refractivity contribution is -0.122. The minimum absolute atomic E-state index is 0.274. The van der Waals surface area contributed by atoms with Crippen LogP contribution in [0.1, 0.15) is 232 Å². The van der Waals surface area contributed by atoms with Crippen LogP contribution in [0.2, 0.25) is 0 Å². The van der Waals surface area contributed by atoms with Crippen molar-refractivity contribution in [2.75, 3.05) is 5.75 Å². The predicted octanol–water partition coefficient (Wildman–Crippen LogP) is 12.6. The van der Waals surface area contributed by atoms with E-state index in [2.05, 4.69) is 19.2 Å². The summed E-state index contributed by atoms with van der Waals surface area (Å²) in [5.41, 5.74) is 0. The van der Waals surface area contributed by atoms with E-state index in [4.69, 9.17) is 0 Å². The molecule has 0 aromatic carbocycles. The fourth-order valence-corrected chi connectivity index (χ4v) is 7.48. The lowest BCUT2D eigenvalue weighted by Gasteiger charge is -2.21. The molecule has 0 aliphatic rings. The smallest absolute Gasteiger partial charge is 0.267 e. The van der Waals surface area contributed by atoms with E-state index in [9.17, 15) is 22.9 Å². The van der Waals surface area contributed by atoms with Crippen molar-refractivity contribution >= 4 is 16.0 Å². The monoisotopic (exact) mass is 714 g/mol. The highest BCUT2D eigenvalue weighted by Gasteiger charge is 2.24. The molecule has 0 aromatic heterocycles. The van der Waals surface area contributed by atoms with Crippen molar-refractivity contribution in [2.45, 2.75) is 244 Å². The molecule has 6 nitrogen and oxygen atoms in total. The van der Waals surface area contributed by atoms with E-state index in [1.807, 2.05) is 6.08 Å². The first kappa shape index (κ1) is 48.1. The normalized spacial score (nSPS) is 13.3. The highest BCUT2D eigenvalue weighted by Crippen LogP contribution is 2.16. The van der Waals surface area contributed by atoms with E-state index >= 15 is 0 Å². The summed E-state index contributed by atoms with van der Waals surface area (Å²) in [6, 6.07) is -1.05. The van der Waals surface area contributed by atoms with Crippen LogP contribution in [0.15, 0.2) is 12.2 Å². The standard InChI is InChI=1S/C42H83NO5S/c1-3-5-7-9-11-13-15-17-19-21-22-23-25-27-29-31-33-35-37-41(44)40(39-49(46,47)48)43-42(45)38-36-34-32-30-28-26-24-20-18-16-14-12-10-8-6-4-2/h35,37,40-41,44H,3-34,36,38-39H2,1-2H3,(H,43,45)(H,46,47,48)/b37-35+. The molecule has 0 radical (unpaired) electrons. The van der Waals surface area contributed by atoms with E-state index in [0.717, 1.165) is 38.5 Å². The molecule has 0 aromatic rings. The van der Waals surface area contributed by atoms with E-state index < -0.39 is 28.0 Å². The van der Waals surface area contributed by atoms with Crippen molar-refractivity contribution in [1.82, 2.24) is 5.32 Å². The average molecular weight is 714 g/mol. The van der Waals surface area contributed by atoms with Gasteiger partial charge < -0.3 is 10.4 Å². The van der Waals surface area contributed by atoms with Crippen LogP contribution in [0.5, 0.6) is 0 Å². The number of aliphatic hydroxyl groups excluding tert-OH is 1. The maximum absolute atomic E-state index is 12.5. The molecule has 292 valence electrons. The molecule has 0 aliphatic heterocycles. The second-order valence-electron chi connectivity index (χ2n) is 15.0. The zero-order valence-electron chi connectivity index (χ0n) is 32.6. The van der Waals surface area contributed by atoms with Gasteiger partial charge in [0.2, 0.25) is 5.91 Å². The van der Waals surface area contributed by atoms with E-state index in [1.54, 1.807) is 6.08 Å². The van der Waals surface area contributed by atoms with E-state index in [-0.39, 0.29) is 5.91 Å². The first-order valence-electron chi connectivity index (χ1n) is 21.4. The largest absolute Gasteiger partial charge is 0.387 e. The molecule has 3 N–H and O–H groups in total. The molecule has 0 rings (SSSR count). The third kappa shape index (κ3) is 38.1.